The monoisotopic (exact) mass is 331 g/mol. The van der Waals surface area contributed by atoms with Crippen LogP contribution in [0.2, 0.25) is 0 Å². The predicted octanol–water partition coefficient (Wildman–Crippen LogP) is -3.73. The molecule has 0 spiro atoms. The van der Waals surface area contributed by atoms with E-state index < -0.39 is 54.8 Å². The molecule has 23 heavy (non-hydrogen) atoms. The Morgan fingerprint density at radius 1 is 0.870 bits per heavy atom. The van der Waals surface area contributed by atoms with Crippen LogP contribution in [0.3, 0.4) is 0 Å². The molecule has 0 aromatic carbocycles. The minimum atomic E-state index is -1.21. The molecule has 0 bridgehead atoms. The lowest BCUT2D eigenvalue weighted by atomic mass is 10.3. The molecule has 0 saturated carbocycles. The summed E-state index contributed by atoms with van der Waals surface area (Å²) in [6.07, 6.45) is 0. The molecule has 0 aliphatic carbocycles. The maximum Gasteiger partial charge on any atom is 0.322 e. The van der Waals surface area contributed by atoms with Gasteiger partial charge in [0, 0.05) is 0 Å². The van der Waals surface area contributed by atoms with Crippen molar-refractivity contribution in [3.05, 3.63) is 0 Å². The zero-order chi connectivity index (χ0) is 18.0. The summed E-state index contributed by atoms with van der Waals surface area (Å²) in [4.78, 5) is 55.9. The standard InChI is InChI=1S/C12H21N5O6/c1-6(16-8(18)3-13)11(22)14-4-9(19)17-7(2)12(23)15-5-10(20)21/h6-7H,3-5,13H2,1-2H3,(H,14,22)(H,15,23)(H,16,18)(H,17,19)(H,20,21). The number of carbonyl (C=O) groups excluding carboxylic acids is 4. The van der Waals surface area contributed by atoms with Gasteiger partial charge in [0.2, 0.25) is 23.6 Å². The van der Waals surface area contributed by atoms with Gasteiger partial charge in [-0.25, -0.2) is 0 Å². The summed E-state index contributed by atoms with van der Waals surface area (Å²) in [5.41, 5.74) is 5.09. The third kappa shape index (κ3) is 9.03. The van der Waals surface area contributed by atoms with Crippen molar-refractivity contribution in [2.75, 3.05) is 19.6 Å². The van der Waals surface area contributed by atoms with E-state index >= 15 is 0 Å². The van der Waals surface area contributed by atoms with E-state index in [0.717, 1.165) is 0 Å². The quantitative estimate of drug-likeness (QED) is 0.251. The van der Waals surface area contributed by atoms with Gasteiger partial charge in [-0.05, 0) is 13.8 Å². The van der Waals surface area contributed by atoms with Crippen LogP contribution in [-0.2, 0) is 24.0 Å². The number of carbonyl (C=O) groups is 5. The molecule has 0 aromatic heterocycles. The van der Waals surface area contributed by atoms with E-state index in [1.54, 1.807) is 0 Å². The highest BCUT2D eigenvalue weighted by Gasteiger charge is 2.18. The first kappa shape index (κ1) is 20.3. The van der Waals surface area contributed by atoms with Crippen LogP contribution in [0.15, 0.2) is 0 Å². The molecule has 4 amide bonds. The first-order chi connectivity index (χ1) is 10.7. The van der Waals surface area contributed by atoms with Crippen molar-refractivity contribution < 1.29 is 29.1 Å². The SMILES string of the molecule is CC(NC(=O)CN)C(=O)NCC(=O)NC(C)C(=O)NCC(=O)O. The highest BCUT2D eigenvalue weighted by Crippen LogP contribution is 1.84. The summed E-state index contributed by atoms with van der Waals surface area (Å²) >= 11 is 0. The first-order valence-electron chi connectivity index (χ1n) is 6.73. The second-order valence-corrected chi connectivity index (χ2v) is 4.61. The molecule has 2 unspecified atom stereocenters. The lowest BCUT2D eigenvalue weighted by Crippen LogP contribution is -2.51. The Kier molecular flexibility index (Phi) is 8.92. The van der Waals surface area contributed by atoms with Gasteiger partial charge in [0.15, 0.2) is 0 Å². The van der Waals surface area contributed by atoms with E-state index in [4.69, 9.17) is 10.8 Å². The molecular weight excluding hydrogens is 310 g/mol. The maximum absolute atomic E-state index is 11.6. The van der Waals surface area contributed by atoms with Crippen LogP contribution in [0.5, 0.6) is 0 Å². The molecule has 0 radical (unpaired) electrons. The van der Waals surface area contributed by atoms with Gasteiger partial charge < -0.3 is 32.1 Å². The molecule has 0 aliphatic rings. The Morgan fingerprint density at radius 2 is 1.30 bits per heavy atom. The van der Waals surface area contributed by atoms with Gasteiger partial charge in [0.25, 0.3) is 0 Å². The number of carboxylic acid groups (broad SMARTS) is 1. The number of hydrogen-bond acceptors (Lipinski definition) is 6. The Bertz CT molecular complexity index is 481. The van der Waals surface area contributed by atoms with Crippen molar-refractivity contribution in [1.29, 1.82) is 0 Å². The molecule has 0 rings (SSSR count). The number of amides is 4. The molecule has 11 nitrogen and oxygen atoms in total. The van der Waals surface area contributed by atoms with Crippen LogP contribution in [0, 0.1) is 0 Å². The lowest BCUT2D eigenvalue weighted by Gasteiger charge is -2.15. The summed E-state index contributed by atoms with van der Waals surface area (Å²) in [5, 5.41) is 17.4. The molecule has 0 aliphatic heterocycles. The van der Waals surface area contributed by atoms with Crippen LogP contribution in [0.25, 0.3) is 0 Å². The van der Waals surface area contributed by atoms with E-state index in [-0.39, 0.29) is 6.54 Å². The molecule has 0 heterocycles. The Labute approximate surface area is 132 Å². The van der Waals surface area contributed by atoms with Crippen molar-refractivity contribution in [3.63, 3.8) is 0 Å². The number of nitrogens with two attached hydrogens (primary N) is 1. The minimum Gasteiger partial charge on any atom is -0.480 e. The predicted molar refractivity (Wildman–Crippen MR) is 77.9 cm³/mol. The van der Waals surface area contributed by atoms with Gasteiger partial charge in [-0.2, -0.15) is 0 Å². The fourth-order valence-corrected chi connectivity index (χ4v) is 1.36. The second kappa shape index (κ2) is 10.1. The number of rotatable bonds is 9. The molecule has 0 saturated heterocycles. The largest absolute Gasteiger partial charge is 0.480 e. The maximum atomic E-state index is 11.6. The first-order valence-corrected chi connectivity index (χ1v) is 6.73. The van der Waals surface area contributed by atoms with Crippen molar-refractivity contribution in [3.8, 4) is 0 Å². The van der Waals surface area contributed by atoms with Gasteiger partial charge in [0.1, 0.15) is 18.6 Å². The van der Waals surface area contributed by atoms with Gasteiger partial charge in [-0.15, -0.1) is 0 Å². The fraction of sp³-hybridized carbons (Fsp3) is 0.583. The van der Waals surface area contributed by atoms with Crippen molar-refractivity contribution >= 4 is 29.6 Å². The Balaban J connectivity index is 4.14. The third-order valence-electron chi connectivity index (χ3n) is 2.56. The van der Waals surface area contributed by atoms with Crippen LogP contribution >= 0.6 is 0 Å². The van der Waals surface area contributed by atoms with Crippen LogP contribution in [0.4, 0.5) is 0 Å². The third-order valence-corrected chi connectivity index (χ3v) is 2.56. The van der Waals surface area contributed by atoms with E-state index in [9.17, 15) is 24.0 Å². The summed E-state index contributed by atoms with van der Waals surface area (Å²) in [6, 6.07) is -1.83. The fourth-order valence-electron chi connectivity index (χ4n) is 1.36. The number of aliphatic carboxylic acids is 1. The molecule has 11 heteroatoms. The smallest absolute Gasteiger partial charge is 0.322 e. The number of carboxylic acids is 1. The van der Waals surface area contributed by atoms with E-state index in [1.807, 2.05) is 0 Å². The normalized spacial score (nSPS) is 12.5. The molecule has 130 valence electrons. The molecule has 2 atom stereocenters. The minimum absolute atomic E-state index is 0.263. The average molecular weight is 331 g/mol. The van der Waals surface area contributed by atoms with E-state index in [2.05, 4.69) is 21.3 Å². The Hall–Kier alpha value is -2.69. The van der Waals surface area contributed by atoms with E-state index in [0.29, 0.717) is 0 Å². The zero-order valence-corrected chi connectivity index (χ0v) is 12.8. The topological polar surface area (TPSA) is 180 Å². The highest BCUT2D eigenvalue weighted by atomic mass is 16.4. The van der Waals surface area contributed by atoms with Crippen LogP contribution < -0.4 is 27.0 Å². The number of hydrogen-bond donors (Lipinski definition) is 6. The number of nitrogens with one attached hydrogen (secondary N) is 4. The summed E-state index contributed by atoms with van der Waals surface area (Å²) in [5.74, 6) is -3.63. The molecule has 0 fully saturated rings. The Morgan fingerprint density at radius 3 is 1.74 bits per heavy atom. The summed E-state index contributed by atoms with van der Waals surface area (Å²) < 4.78 is 0. The zero-order valence-electron chi connectivity index (χ0n) is 12.8. The van der Waals surface area contributed by atoms with Gasteiger partial charge in [0.05, 0.1) is 13.1 Å². The highest BCUT2D eigenvalue weighted by molar-refractivity contribution is 5.92. The van der Waals surface area contributed by atoms with Gasteiger partial charge in [-0.1, -0.05) is 0 Å². The van der Waals surface area contributed by atoms with Crippen molar-refractivity contribution in [2.45, 2.75) is 25.9 Å². The lowest BCUT2D eigenvalue weighted by molar-refractivity contribution is -0.138. The van der Waals surface area contributed by atoms with Gasteiger partial charge >= 0.3 is 5.97 Å². The van der Waals surface area contributed by atoms with Crippen molar-refractivity contribution in [1.82, 2.24) is 21.3 Å². The summed E-state index contributed by atoms with van der Waals surface area (Å²) in [6.45, 7) is 1.55. The molecular formula is C12H21N5O6. The van der Waals surface area contributed by atoms with Crippen LogP contribution in [-0.4, -0.2) is 66.4 Å². The molecule has 7 N–H and O–H groups in total. The van der Waals surface area contributed by atoms with Gasteiger partial charge in [-0.3, -0.25) is 24.0 Å². The molecule has 0 aromatic rings. The second-order valence-electron chi connectivity index (χ2n) is 4.61. The van der Waals surface area contributed by atoms with Crippen LogP contribution in [0.1, 0.15) is 13.8 Å². The average Bonchev–Trinajstić information content (AvgIpc) is 2.49. The van der Waals surface area contributed by atoms with E-state index in [1.165, 1.54) is 13.8 Å². The summed E-state index contributed by atoms with van der Waals surface area (Å²) in [7, 11) is 0. The van der Waals surface area contributed by atoms with Crippen molar-refractivity contribution in [2.24, 2.45) is 5.73 Å².